The van der Waals surface area contributed by atoms with Gasteiger partial charge in [0.25, 0.3) is 0 Å². The minimum atomic E-state index is -0.161. The highest BCUT2D eigenvalue weighted by atomic mass is 19.1. The summed E-state index contributed by atoms with van der Waals surface area (Å²) in [4.78, 5) is 4.37. The third-order valence-electron chi connectivity index (χ3n) is 4.69. The van der Waals surface area contributed by atoms with Gasteiger partial charge in [-0.1, -0.05) is 6.07 Å². The fraction of sp³-hybridized carbons (Fsp3) is 0.316. The van der Waals surface area contributed by atoms with Crippen molar-refractivity contribution in [2.75, 3.05) is 6.54 Å². The predicted molar refractivity (Wildman–Crippen MR) is 90.0 cm³/mol. The number of hydrogen-bond donors (Lipinski definition) is 1. The first-order valence-corrected chi connectivity index (χ1v) is 8.14. The zero-order chi connectivity index (χ0) is 15.8. The van der Waals surface area contributed by atoms with Gasteiger partial charge in [0, 0.05) is 54.5 Å². The Kier molecular flexibility index (Phi) is 3.62. The van der Waals surface area contributed by atoms with Crippen molar-refractivity contribution in [2.45, 2.75) is 32.9 Å². The number of aromatic nitrogens is 2. The van der Waals surface area contributed by atoms with E-state index in [-0.39, 0.29) is 5.82 Å². The molecular weight excluding hydrogens is 289 g/mol. The Balaban J connectivity index is 1.72. The van der Waals surface area contributed by atoms with E-state index in [2.05, 4.69) is 27.0 Å². The van der Waals surface area contributed by atoms with Crippen LogP contribution >= 0.6 is 0 Å². The third kappa shape index (κ3) is 2.63. The lowest BCUT2D eigenvalue weighted by atomic mass is 10.1. The van der Waals surface area contributed by atoms with E-state index in [4.69, 9.17) is 0 Å². The molecule has 1 aliphatic rings. The summed E-state index contributed by atoms with van der Waals surface area (Å²) in [6, 6.07) is 9.34. The summed E-state index contributed by atoms with van der Waals surface area (Å²) < 4.78 is 16.0. The van der Waals surface area contributed by atoms with E-state index >= 15 is 0 Å². The van der Waals surface area contributed by atoms with Crippen molar-refractivity contribution in [1.82, 2.24) is 14.9 Å². The Bertz CT molecular complexity index is 849. The molecule has 0 bridgehead atoms. The molecule has 3 nitrogen and oxygen atoms in total. The number of nitrogens with one attached hydrogen (secondary N) is 1. The fourth-order valence-corrected chi connectivity index (χ4v) is 3.50. The maximum absolute atomic E-state index is 13.7. The van der Waals surface area contributed by atoms with Crippen molar-refractivity contribution in [2.24, 2.45) is 0 Å². The molecule has 4 heteroatoms. The zero-order valence-electron chi connectivity index (χ0n) is 13.3. The maximum Gasteiger partial charge on any atom is 0.123 e. The highest BCUT2D eigenvalue weighted by molar-refractivity contribution is 5.86. The molecule has 23 heavy (non-hydrogen) atoms. The lowest BCUT2D eigenvalue weighted by Crippen LogP contribution is -2.24. The number of aryl methyl sites for hydroxylation is 3. The highest BCUT2D eigenvalue weighted by Gasteiger charge is 2.19. The van der Waals surface area contributed by atoms with Gasteiger partial charge in [-0.2, -0.15) is 0 Å². The van der Waals surface area contributed by atoms with Crippen LogP contribution in [0, 0.1) is 12.7 Å². The number of pyridine rings is 1. The predicted octanol–water partition coefficient (Wildman–Crippen LogP) is 3.37. The molecule has 3 heterocycles. The zero-order valence-corrected chi connectivity index (χ0v) is 13.3. The molecule has 1 N–H and O–H groups in total. The van der Waals surface area contributed by atoms with E-state index in [1.807, 2.05) is 19.2 Å². The summed E-state index contributed by atoms with van der Waals surface area (Å²) in [5.74, 6) is -0.161. The van der Waals surface area contributed by atoms with Gasteiger partial charge in [-0.3, -0.25) is 4.98 Å². The minimum absolute atomic E-state index is 0.161. The number of fused-ring (bicyclic) bond motifs is 3. The molecule has 0 saturated heterocycles. The van der Waals surface area contributed by atoms with E-state index in [0.717, 1.165) is 49.1 Å². The van der Waals surface area contributed by atoms with Gasteiger partial charge in [-0.05, 0) is 48.7 Å². The second kappa shape index (κ2) is 5.78. The van der Waals surface area contributed by atoms with Crippen LogP contribution < -0.4 is 5.32 Å². The monoisotopic (exact) mass is 309 g/mol. The third-order valence-corrected chi connectivity index (χ3v) is 4.69. The fourth-order valence-electron chi connectivity index (χ4n) is 3.50. The lowest BCUT2D eigenvalue weighted by Gasteiger charge is -2.17. The highest BCUT2D eigenvalue weighted by Crippen LogP contribution is 2.29. The molecule has 1 aromatic carbocycles. The maximum atomic E-state index is 13.7. The first-order chi connectivity index (χ1) is 11.2. The molecule has 1 aliphatic heterocycles. The SMILES string of the molecule is Cc1ccc(CCn2c3c(c4cc(F)ccc42)CNCC3)cn1. The smallest absolute Gasteiger partial charge is 0.123 e. The molecule has 118 valence electrons. The summed E-state index contributed by atoms with van der Waals surface area (Å²) in [6.07, 6.45) is 3.89. The molecule has 0 saturated carbocycles. The van der Waals surface area contributed by atoms with E-state index in [9.17, 15) is 4.39 Å². The normalized spacial score (nSPS) is 14.2. The van der Waals surface area contributed by atoms with Gasteiger partial charge in [0.2, 0.25) is 0 Å². The molecular formula is C19H20FN3. The topological polar surface area (TPSA) is 29.9 Å². The van der Waals surface area contributed by atoms with Crippen molar-refractivity contribution in [3.63, 3.8) is 0 Å². The molecule has 0 atom stereocenters. The molecule has 0 spiro atoms. The van der Waals surface area contributed by atoms with Crippen LogP contribution in [-0.2, 0) is 25.9 Å². The average molecular weight is 309 g/mol. The second-order valence-electron chi connectivity index (χ2n) is 6.22. The van der Waals surface area contributed by atoms with Crippen LogP contribution in [0.15, 0.2) is 36.5 Å². The quantitative estimate of drug-likeness (QED) is 0.804. The van der Waals surface area contributed by atoms with Crippen molar-refractivity contribution in [3.05, 3.63) is 64.9 Å². The Hall–Kier alpha value is -2.20. The number of nitrogens with zero attached hydrogens (tertiary/aromatic N) is 2. The molecule has 0 aliphatic carbocycles. The van der Waals surface area contributed by atoms with Crippen LogP contribution in [0.1, 0.15) is 22.5 Å². The van der Waals surface area contributed by atoms with Crippen LogP contribution in [0.5, 0.6) is 0 Å². The molecule has 0 unspecified atom stereocenters. The van der Waals surface area contributed by atoms with Crippen molar-refractivity contribution in [3.8, 4) is 0 Å². The second-order valence-corrected chi connectivity index (χ2v) is 6.22. The molecule has 2 aromatic heterocycles. The van der Waals surface area contributed by atoms with E-state index in [1.165, 1.54) is 16.8 Å². The van der Waals surface area contributed by atoms with Gasteiger partial charge < -0.3 is 9.88 Å². The molecule has 3 aromatic rings. The van der Waals surface area contributed by atoms with Gasteiger partial charge >= 0.3 is 0 Å². The molecule has 0 radical (unpaired) electrons. The summed E-state index contributed by atoms with van der Waals surface area (Å²) >= 11 is 0. The van der Waals surface area contributed by atoms with Gasteiger partial charge in [0.1, 0.15) is 5.82 Å². The van der Waals surface area contributed by atoms with Gasteiger partial charge in [0.15, 0.2) is 0 Å². The number of hydrogen-bond acceptors (Lipinski definition) is 2. The summed E-state index contributed by atoms with van der Waals surface area (Å²) in [5, 5.41) is 4.45. The molecule has 4 rings (SSSR count). The Morgan fingerprint density at radius 2 is 2.17 bits per heavy atom. The Morgan fingerprint density at radius 3 is 3.00 bits per heavy atom. The van der Waals surface area contributed by atoms with Crippen LogP contribution in [0.25, 0.3) is 10.9 Å². The largest absolute Gasteiger partial charge is 0.344 e. The van der Waals surface area contributed by atoms with E-state index in [0.29, 0.717) is 0 Å². The van der Waals surface area contributed by atoms with Crippen LogP contribution in [0.4, 0.5) is 4.39 Å². The van der Waals surface area contributed by atoms with Crippen LogP contribution in [-0.4, -0.2) is 16.1 Å². The van der Waals surface area contributed by atoms with E-state index < -0.39 is 0 Å². The minimum Gasteiger partial charge on any atom is -0.344 e. The first kappa shape index (κ1) is 14.4. The number of halogens is 1. The number of rotatable bonds is 3. The average Bonchev–Trinajstić information content (AvgIpc) is 2.88. The van der Waals surface area contributed by atoms with Crippen molar-refractivity contribution in [1.29, 1.82) is 0 Å². The van der Waals surface area contributed by atoms with Gasteiger partial charge in [-0.15, -0.1) is 0 Å². The Labute approximate surface area is 135 Å². The molecule has 0 fully saturated rings. The van der Waals surface area contributed by atoms with Crippen LogP contribution in [0.2, 0.25) is 0 Å². The van der Waals surface area contributed by atoms with Crippen molar-refractivity contribution >= 4 is 10.9 Å². The Morgan fingerprint density at radius 1 is 1.26 bits per heavy atom. The van der Waals surface area contributed by atoms with Crippen molar-refractivity contribution < 1.29 is 4.39 Å². The number of benzene rings is 1. The van der Waals surface area contributed by atoms with Crippen LogP contribution in [0.3, 0.4) is 0 Å². The summed E-state index contributed by atoms with van der Waals surface area (Å²) in [5.41, 5.74) is 6.03. The molecule has 0 amide bonds. The first-order valence-electron chi connectivity index (χ1n) is 8.14. The standard InChI is InChI=1S/C19H20FN3/c1-13-2-3-14(11-22-13)7-9-23-18-5-4-15(20)10-16(18)17-12-21-8-6-19(17)23/h2-5,10-11,21H,6-9,12H2,1H3. The summed E-state index contributed by atoms with van der Waals surface area (Å²) in [6.45, 7) is 4.72. The summed E-state index contributed by atoms with van der Waals surface area (Å²) in [7, 11) is 0. The van der Waals surface area contributed by atoms with Gasteiger partial charge in [0.05, 0.1) is 0 Å². The lowest BCUT2D eigenvalue weighted by molar-refractivity contribution is 0.594. The van der Waals surface area contributed by atoms with E-state index in [1.54, 1.807) is 12.1 Å². The van der Waals surface area contributed by atoms with Gasteiger partial charge in [-0.25, -0.2) is 4.39 Å².